The fourth-order valence-corrected chi connectivity index (χ4v) is 2.16. The first-order valence-electron chi connectivity index (χ1n) is 6.90. The van der Waals surface area contributed by atoms with Crippen molar-refractivity contribution in [1.82, 2.24) is 9.97 Å². The van der Waals surface area contributed by atoms with Crippen LogP contribution in [0.3, 0.4) is 0 Å². The molecule has 0 saturated carbocycles. The molecule has 2 aromatic rings. The van der Waals surface area contributed by atoms with Crippen LogP contribution < -0.4 is 5.32 Å². The summed E-state index contributed by atoms with van der Waals surface area (Å²) in [6.45, 7) is 5.12. The van der Waals surface area contributed by atoms with E-state index in [9.17, 15) is 10.1 Å². The summed E-state index contributed by atoms with van der Waals surface area (Å²) in [7, 11) is 0. The van der Waals surface area contributed by atoms with E-state index in [-0.39, 0.29) is 17.7 Å². The Hall–Kier alpha value is -2.15. The first kappa shape index (κ1) is 15.2. The topological polar surface area (TPSA) is 104 Å². The number of aliphatic hydroxyl groups is 1. The van der Waals surface area contributed by atoms with E-state index in [0.29, 0.717) is 23.5 Å². The quantitative estimate of drug-likeness (QED) is 0.537. The summed E-state index contributed by atoms with van der Waals surface area (Å²) in [5.41, 5.74) is 1.41. The highest BCUT2D eigenvalue weighted by Gasteiger charge is 2.18. The highest BCUT2D eigenvalue weighted by Crippen LogP contribution is 2.24. The Morgan fingerprint density at radius 2 is 2.24 bits per heavy atom. The first-order valence-corrected chi connectivity index (χ1v) is 6.90. The number of non-ortho nitro benzene ring substituents is 1. The van der Waals surface area contributed by atoms with Crippen LogP contribution in [0.5, 0.6) is 0 Å². The van der Waals surface area contributed by atoms with Crippen LogP contribution in [0.4, 0.5) is 11.6 Å². The van der Waals surface area contributed by atoms with Crippen molar-refractivity contribution in [2.75, 3.05) is 18.5 Å². The molecule has 0 atom stereocenters. The second-order valence-corrected chi connectivity index (χ2v) is 5.89. The summed E-state index contributed by atoms with van der Waals surface area (Å²) in [6.07, 6.45) is 1.67. The lowest BCUT2D eigenvalue weighted by molar-refractivity contribution is -0.384. The summed E-state index contributed by atoms with van der Waals surface area (Å²) in [4.78, 5) is 17.7. The number of imidazole rings is 1. The van der Waals surface area contributed by atoms with Crippen LogP contribution in [-0.4, -0.2) is 33.1 Å². The molecule has 2 rings (SSSR count). The number of nitro groups is 1. The maximum atomic E-state index is 10.7. The van der Waals surface area contributed by atoms with E-state index in [1.54, 1.807) is 6.07 Å². The smallest absolute Gasteiger partial charge is 0.271 e. The predicted molar refractivity (Wildman–Crippen MR) is 81.3 cm³/mol. The number of hydrogen-bond donors (Lipinski definition) is 3. The zero-order valence-corrected chi connectivity index (χ0v) is 12.2. The maximum Gasteiger partial charge on any atom is 0.271 e. The van der Waals surface area contributed by atoms with Crippen molar-refractivity contribution < 1.29 is 10.0 Å². The van der Waals surface area contributed by atoms with Gasteiger partial charge < -0.3 is 15.4 Å². The van der Waals surface area contributed by atoms with Crippen molar-refractivity contribution >= 4 is 22.7 Å². The molecule has 0 bridgehead atoms. The molecular weight excluding hydrogens is 272 g/mol. The van der Waals surface area contributed by atoms with Crippen LogP contribution in [-0.2, 0) is 0 Å². The van der Waals surface area contributed by atoms with Crippen molar-refractivity contribution in [1.29, 1.82) is 0 Å². The molecule has 0 fully saturated rings. The lowest BCUT2D eigenvalue weighted by Crippen LogP contribution is -2.23. The molecule has 7 nitrogen and oxygen atoms in total. The molecule has 0 unspecified atom stereocenters. The van der Waals surface area contributed by atoms with Crippen molar-refractivity contribution in [3.05, 3.63) is 28.3 Å². The fourth-order valence-electron chi connectivity index (χ4n) is 2.16. The third kappa shape index (κ3) is 3.91. The van der Waals surface area contributed by atoms with E-state index in [1.165, 1.54) is 12.1 Å². The van der Waals surface area contributed by atoms with Gasteiger partial charge in [-0.1, -0.05) is 13.8 Å². The minimum absolute atomic E-state index is 0.0354. The van der Waals surface area contributed by atoms with E-state index in [4.69, 9.17) is 5.11 Å². The molecule has 3 N–H and O–H groups in total. The van der Waals surface area contributed by atoms with Crippen molar-refractivity contribution in [3.8, 4) is 0 Å². The Bertz CT molecular complexity index is 636. The summed E-state index contributed by atoms with van der Waals surface area (Å²) in [5, 5.41) is 22.8. The second kappa shape index (κ2) is 6.09. The Labute approximate surface area is 122 Å². The number of aromatic nitrogens is 2. The average Bonchev–Trinajstić information content (AvgIpc) is 2.85. The number of fused-ring (bicyclic) bond motifs is 1. The number of aliphatic hydroxyl groups excluding tert-OH is 1. The van der Waals surface area contributed by atoms with Crippen LogP contribution in [0, 0.1) is 15.5 Å². The third-order valence-corrected chi connectivity index (χ3v) is 3.42. The van der Waals surface area contributed by atoms with Crippen LogP contribution in [0.25, 0.3) is 11.0 Å². The lowest BCUT2D eigenvalue weighted by Gasteiger charge is -2.24. The number of aromatic amines is 1. The van der Waals surface area contributed by atoms with Crippen molar-refractivity contribution in [2.24, 2.45) is 5.41 Å². The molecule has 0 aliphatic rings. The summed E-state index contributed by atoms with van der Waals surface area (Å²) >= 11 is 0. The number of hydrogen-bond acceptors (Lipinski definition) is 5. The van der Waals surface area contributed by atoms with E-state index in [0.717, 1.165) is 12.8 Å². The van der Waals surface area contributed by atoms with Gasteiger partial charge in [0.15, 0.2) is 0 Å². The Morgan fingerprint density at radius 3 is 2.90 bits per heavy atom. The number of benzene rings is 1. The van der Waals surface area contributed by atoms with Gasteiger partial charge >= 0.3 is 0 Å². The predicted octanol–water partition coefficient (Wildman–Crippen LogP) is 2.68. The zero-order valence-electron chi connectivity index (χ0n) is 12.2. The van der Waals surface area contributed by atoms with Gasteiger partial charge in [-0.25, -0.2) is 4.98 Å². The minimum Gasteiger partial charge on any atom is -0.396 e. The lowest BCUT2D eigenvalue weighted by atomic mass is 9.88. The van der Waals surface area contributed by atoms with Crippen LogP contribution in [0.1, 0.15) is 26.7 Å². The highest BCUT2D eigenvalue weighted by molar-refractivity contribution is 5.79. The van der Waals surface area contributed by atoms with Gasteiger partial charge in [-0.05, 0) is 24.3 Å². The first-order chi connectivity index (χ1) is 9.91. The molecule has 1 heterocycles. The van der Waals surface area contributed by atoms with Crippen LogP contribution in [0.15, 0.2) is 18.2 Å². The number of rotatable bonds is 7. The summed E-state index contributed by atoms with van der Waals surface area (Å²) < 4.78 is 0. The maximum absolute atomic E-state index is 10.7. The number of H-pyrrole nitrogens is 1. The standard InChI is InChI=1S/C14H20N4O3/c1-14(2,6-3-7-19)9-15-13-16-11-5-4-10(18(20)21)8-12(11)17-13/h4-5,8,19H,3,6-7,9H2,1-2H3,(H2,15,16,17). The third-order valence-electron chi connectivity index (χ3n) is 3.42. The zero-order chi connectivity index (χ0) is 15.5. The molecule has 0 saturated heterocycles. The molecule has 0 amide bonds. The van der Waals surface area contributed by atoms with Gasteiger partial charge in [0.25, 0.3) is 5.69 Å². The van der Waals surface area contributed by atoms with Crippen LogP contribution in [0.2, 0.25) is 0 Å². The van der Waals surface area contributed by atoms with Gasteiger partial charge in [0.05, 0.1) is 16.0 Å². The highest BCUT2D eigenvalue weighted by atomic mass is 16.6. The minimum atomic E-state index is -0.425. The molecule has 0 aliphatic heterocycles. The SMILES string of the molecule is CC(C)(CCCO)CNc1nc2ccc([N+](=O)[O-])cc2[nH]1. The van der Waals surface area contributed by atoms with Crippen LogP contribution >= 0.6 is 0 Å². The van der Waals surface area contributed by atoms with Crippen molar-refractivity contribution in [3.63, 3.8) is 0 Å². The second-order valence-electron chi connectivity index (χ2n) is 5.89. The van der Waals surface area contributed by atoms with Gasteiger partial charge in [-0.3, -0.25) is 10.1 Å². The molecule has 0 spiro atoms. The average molecular weight is 292 g/mol. The molecule has 7 heteroatoms. The molecular formula is C14H20N4O3. The summed E-state index contributed by atoms with van der Waals surface area (Å²) in [5.74, 6) is 0.600. The molecule has 1 aromatic heterocycles. The monoisotopic (exact) mass is 292 g/mol. The fraction of sp³-hybridized carbons (Fsp3) is 0.500. The van der Waals surface area contributed by atoms with Gasteiger partial charge in [-0.2, -0.15) is 0 Å². The molecule has 21 heavy (non-hydrogen) atoms. The van der Waals surface area contributed by atoms with Gasteiger partial charge in [0.2, 0.25) is 5.95 Å². The molecule has 0 aliphatic carbocycles. The van der Waals surface area contributed by atoms with Gasteiger partial charge in [0, 0.05) is 25.3 Å². The Balaban J connectivity index is 2.07. The van der Waals surface area contributed by atoms with Gasteiger partial charge in [0.1, 0.15) is 0 Å². The largest absolute Gasteiger partial charge is 0.396 e. The van der Waals surface area contributed by atoms with E-state index in [2.05, 4.69) is 29.1 Å². The van der Waals surface area contributed by atoms with E-state index < -0.39 is 4.92 Å². The normalized spacial score (nSPS) is 11.8. The number of nitro benzene ring substituents is 1. The van der Waals surface area contributed by atoms with Crippen molar-refractivity contribution in [2.45, 2.75) is 26.7 Å². The summed E-state index contributed by atoms with van der Waals surface area (Å²) in [6, 6.07) is 4.55. The Kier molecular flexibility index (Phi) is 4.42. The molecule has 1 aromatic carbocycles. The number of nitrogens with one attached hydrogen (secondary N) is 2. The molecule has 114 valence electrons. The van der Waals surface area contributed by atoms with E-state index >= 15 is 0 Å². The van der Waals surface area contributed by atoms with Gasteiger partial charge in [-0.15, -0.1) is 0 Å². The molecule has 0 radical (unpaired) electrons. The number of nitrogens with zero attached hydrogens (tertiary/aromatic N) is 2. The van der Waals surface area contributed by atoms with E-state index in [1.807, 2.05) is 0 Å². The number of anilines is 1. The Morgan fingerprint density at radius 1 is 1.48 bits per heavy atom.